The molecular formula is C89H95Cl2F2N17O12S8. The number of benzene rings is 8. The average Bonchev–Trinajstić information content (AvgIpc) is 1.62. The Hall–Kier alpha value is -11.0. The highest BCUT2D eigenvalue weighted by molar-refractivity contribution is 7.94. The lowest BCUT2D eigenvalue weighted by atomic mass is 9.98. The van der Waals surface area contributed by atoms with Crippen LogP contribution in [-0.2, 0) is 80.3 Å². The molecular weight excluding hydrogens is 1860 g/mol. The van der Waals surface area contributed by atoms with Gasteiger partial charge in [-0.25, -0.2) is 62.4 Å². The number of halogens is 4. The van der Waals surface area contributed by atoms with Crippen LogP contribution in [0.4, 0.5) is 69.1 Å². The number of nitrogens with zero attached hydrogens (tertiary/aromatic N) is 13. The van der Waals surface area contributed by atoms with Crippen LogP contribution in [0.3, 0.4) is 0 Å². The molecule has 8 aliphatic heterocycles. The molecule has 4 atom stereocenters. The van der Waals surface area contributed by atoms with Gasteiger partial charge >= 0.3 is 0 Å². The molecule has 0 saturated carbocycles. The van der Waals surface area contributed by atoms with Crippen molar-refractivity contribution in [3.05, 3.63) is 260 Å². The van der Waals surface area contributed by atoms with Gasteiger partial charge < -0.3 is 39.0 Å². The Bertz CT molecular complexity index is 6550. The van der Waals surface area contributed by atoms with Crippen LogP contribution < -0.4 is 57.9 Å². The van der Waals surface area contributed by atoms with E-state index >= 15 is 0 Å². The summed E-state index contributed by atoms with van der Waals surface area (Å²) in [6.07, 6.45) is 13.1. The third kappa shape index (κ3) is 20.4. The van der Waals surface area contributed by atoms with Gasteiger partial charge in [0.1, 0.15) is 23.4 Å². The van der Waals surface area contributed by atoms with Crippen LogP contribution in [0.25, 0.3) is 0 Å². The quantitative estimate of drug-likeness (QED) is 0.0490. The molecule has 0 bridgehead atoms. The number of rotatable bonds is 22. The fourth-order valence-electron chi connectivity index (χ4n) is 17.7. The highest BCUT2D eigenvalue weighted by Crippen LogP contribution is 2.43. The summed E-state index contributed by atoms with van der Waals surface area (Å²) in [6.45, 7) is 9.70. The predicted octanol–water partition coefficient (Wildman–Crippen LogP) is 15.4. The van der Waals surface area contributed by atoms with E-state index < -0.39 is 40.1 Å². The Labute approximate surface area is 782 Å². The molecule has 5 fully saturated rings. The van der Waals surface area contributed by atoms with Crippen LogP contribution in [0.5, 0.6) is 5.75 Å². The van der Waals surface area contributed by atoms with Crippen molar-refractivity contribution in [3.8, 4) is 5.75 Å². The van der Waals surface area contributed by atoms with Crippen molar-refractivity contribution >= 4 is 187 Å². The molecule has 0 radical (unpaired) electrons. The topological polar surface area (TPSA) is 326 Å². The lowest BCUT2D eigenvalue weighted by Gasteiger charge is -2.38. The van der Waals surface area contributed by atoms with Gasteiger partial charge in [0.2, 0.25) is 17.7 Å². The number of ether oxygens (including phenoxy) is 1. The highest BCUT2D eigenvalue weighted by Gasteiger charge is 2.43. The monoisotopic (exact) mass is 1960 g/mol. The first-order valence-electron chi connectivity index (χ1n) is 41.9. The Morgan fingerprint density at radius 2 is 0.838 bits per heavy atom. The minimum atomic E-state index is -3.74. The highest BCUT2D eigenvalue weighted by atomic mass is 35.5. The van der Waals surface area contributed by atoms with Crippen molar-refractivity contribution in [2.75, 3.05) is 139 Å². The smallest absolute Gasteiger partial charge is 0.263 e. The van der Waals surface area contributed by atoms with Gasteiger partial charge in [-0.1, -0.05) is 29.3 Å². The fourth-order valence-corrected chi connectivity index (χ4v) is 25.3. The number of methoxy groups -OCH3 is 1. The summed E-state index contributed by atoms with van der Waals surface area (Å²) in [5.41, 5.74) is 10.7. The van der Waals surface area contributed by atoms with Crippen molar-refractivity contribution < 1.29 is 65.9 Å². The van der Waals surface area contributed by atoms with Gasteiger partial charge in [0.25, 0.3) is 40.1 Å². The first-order chi connectivity index (χ1) is 62.7. The maximum atomic E-state index is 13.6. The molecule has 0 aliphatic carbocycles. The van der Waals surface area contributed by atoms with E-state index in [0.717, 1.165) is 130 Å². The second-order valence-electron chi connectivity index (χ2n) is 31.7. The molecule has 0 unspecified atom stereocenters. The number of aromatic nitrogens is 4. The summed E-state index contributed by atoms with van der Waals surface area (Å²) >= 11 is 17.5. The molecule has 5 saturated heterocycles. The molecule has 130 heavy (non-hydrogen) atoms. The SMILES string of the molecule is COc1ccc2c(c1Cl)CCN2[C@H]1CCN(c2ccc(S(=O)(=O)Nc3nccs3)cc2)C1=O.O=C1[C@@H](N2CCN(c3ccc(F)cc3)CC2)CCN1c1ccc(S(=O)(=O)Nc2nccs2)cc1.O=C1[C@@H](N2CCc3ccc(F)cc3C2)CCN1c1ccc(S(=O)(=O)Nc2nccs2)cc1.O=S(=O)(Nc1nccs1)c1ccc(N2CC[C@H](N3CCCc4cc(Cl)ccc43)C2)cc1.[HH].[HH].[HH]. The van der Waals surface area contributed by atoms with E-state index in [2.05, 4.69) is 80.4 Å². The average molecular weight is 1960 g/mol. The minimum Gasteiger partial charge on any atom is -0.495 e. The number of thiazole rings is 4. The maximum Gasteiger partial charge on any atom is 0.263 e. The van der Waals surface area contributed by atoms with Crippen LogP contribution in [0.2, 0.25) is 10.0 Å². The zero-order valence-corrected chi connectivity index (χ0v) is 78.0. The number of amides is 3. The molecule has 4 aromatic heterocycles. The molecule has 3 amide bonds. The van der Waals surface area contributed by atoms with E-state index in [1.54, 1.807) is 116 Å². The number of nitrogens with one attached hydrogen (secondary N) is 4. The molecule has 12 aromatic rings. The van der Waals surface area contributed by atoms with Gasteiger partial charge in [0, 0.05) is 187 Å². The van der Waals surface area contributed by atoms with Crippen LogP contribution >= 0.6 is 68.5 Å². The summed E-state index contributed by atoms with van der Waals surface area (Å²) < 4.78 is 142. The molecule has 20 rings (SSSR count). The Morgan fingerprint density at radius 3 is 1.32 bits per heavy atom. The summed E-state index contributed by atoms with van der Waals surface area (Å²) in [6, 6.07) is 47.1. The number of hydrogen-bond acceptors (Lipinski definition) is 26. The van der Waals surface area contributed by atoms with Crippen LogP contribution in [0.1, 0.15) is 58.6 Å². The van der Waals surface area contributed by atoms with E-state index in [1.807, 2.05) is 36.4 Å². The third-order valence-corrected chi connectivity index (χ3v) is 33.5. The van der Waals surface area contributed by atoms with Gasteiger partial charge in [-0.2, -0.15) is 0 Å². The number of carbonyl (C=O) groups excluding carboxylic acids is 3. The normalized spacial score (nSPS) is 18.9. The number of piperazine rings is 1. The van der Waals surface area contributed by atoms with E-state index in [9.17, 15) is 56.8 Å². The zero-order chi connectivity index (χ0) is 90.6. The number of aryl methyl sites for hydroxylation is 1. The first kappa shape index (κ1) is 91.0. The number of fused-ring (bicyclic) bond motifs is 3. The van der Waals surface area contributed by atoms with Gasteiger partial charge in [0.15, 0.2) is 20.5 Å². The Kier molecular flexibility index (Phi) is 27.4. The summed E-state index contributed by atoms with van der Waals surface area (Å²) in [5.74, 6) is 0.139. The minimum absolute atomic E-state index is 0. The van der Waals surface area contributed by atoms with E-state index in [4.69, 9.17) is 27.9 Å². The molecule has 4 N–H and O–H groups in total. The number of sulfonamides is 4. The third-order valence-electron chi connectivity index (χ3n) is 24.1. The number of hydrogen-bond donors (Lipinski definition) is 4. The van der Waals surface area contributed by atoms with Crippen LogP contribution in [0.15, 0.2) is 236 Å². The van der Waals surface area contributed by atoms with Crippen molar-refractivity contribution in [1.82, 2.24) is 29.7 Å². The fraction of sp³-hybridized carbons (Fsp3) is 0.292. The second kappa shape index (κ2) is 39.2. The van der Waals surface area contributed by atoms with Crippen LogP contribution in [0, 0.1) is 11.6 Å². The molecule has 8 aromatic carbocycles. The molecule has 0 spiro atoms. The van der Waals surface area contributed by atoms with Crippen molar-refractivity contribution in [3.63, 3.8) is 0 Å². The molecule has 8 aliphatic rings. The molecule has 684 valence electrons. The van der Waals surface area contributed by atoms with Gasteiger partial charge in [0.05, 0.1) is 43.8 Å². The molecule has 41 heteroatoms. The lowest BCUT2D eigenvalue weighted by Crippen LogP contribution is -2.52. The first-order valence-corrected chi connectivity index (χ1v) is 52.1. The standard InChI is InChI=1S/C23H24FN5O3S2.C22H21ClN4O4S2.C22H23ClN4O2S2.C22H21FN4O3S2.3H2/c24-17-1-3-18(4-2-17)27-12-14-28(15-13-27)21-9-11-29(22(21)30)19-5-7-20(8-6-19)34(31,32)26-23-25-10-16-33-23;1-31-19-7-6-17-16(20(19)23)8-11-27(17)18-9-12-26(21(18)28)14-2-4-15(5-3-14)33(29,30)25-22-24-10-13-32-22;23-17-3-8-21-16(14-17)2-1-11-27(21)19-9-12-26(15-19)18-4-6-20(7-5-18)31(28,29)25-22-24-10-13-30-22;23-17-2-1-15-7-10-26(14-16(15)13-17)20-8-11-27(21(20)28)18-3-5-19(6-4-18)32(29,30)25-22-24-9-12-31-22;;;/h1-8,10,16,21H,9,11-15H2,(H,25,26);2-7,10,13,18H,8-9,11-12H2,1H3,(H,24,25);3-8,10,13-14,19H,1-2,9,11-12,15H2,(H,24,25);1-6,9,12-13,20H,7-8,10-11,14H2,(H,24,25);3*1H/t21-;18-;19-;20-;;;/m0000.../s1. The number of carbonyl (C=O) groups is 3. The maximum absolute atomic E-state index is 13.6. The van der Waals surface area contributed by atoms with Gasteiger partial charge in [-0.15, -0.1) is 45.3 Å². The zero-order valence-electron chi connectivity index (χ0n) is 69.9. The number of anilines is 11. The second-order valence-corrected chi connectivity index (χ2v) is 42.9. The Morgan fingerprint density at radius 1 is 0.400 bits per heavy atom. The van der Waals surface area contributed by atoms with Gasteiger partial charge in [-0.05, 0) is 237 Å². The van der Waals surface area contributed by atoms with Crippen LogP contribution in [-0.4, -0.2) is 191 Å². The molecule has 29 nitrogen and oxygen atoms in total. The summed E-state index contributed by atoms with van der Waals surface area (Å²) in [5, 5.41) is 9.49. The van der Waals surface area contributed by atoms with Gasteiger partial charge in [-0.3, -0.25) is 43.1 Å². The predicted molar refractivity (Wildman–Crippen MR) is 514 cm³/mol. The summed E-state index contributed by atoms with van der Waals surface area (Å²) in [7, 11) is -13.3. The Balaban J connectivity index is 0.000000141. The largest absolute Gasteiger partial charge is 0.495 e. The van der Waals surface area contributed by atoms with Crippen molar-refractivity contribution in [1.29, 1.82) is 0 Å². The van der Waals surface area contributed by atoms with E-state index in [1.165, 1.54) is 130 Å². The lowest BCUT2D eigenvalue weighted by molar-refractivity contribution is -0.122. The molecule has 12 heterocycles. The van der Waals surface area contributed by atoms with Crippen molar-refractivity contribution in [2.24, 2.45) is 0 Å². The van der Waals surface area contributed by atoms with Crippen molar-refractivity contribution in [2.45, 2.75) is 102 Å². The summed E-state index contributed by atoms with van der Waals surface area (Å²) in [4.78, 5) is 74.6. The van der Waals surface area contributed by atoms with E-state index in [0.29, 0.717) is 100.0 Å². The van der Waals surface area contributed by atoms with E-state index in [-0.39, 0.29) is 71.3 Å².